The Balaban J connectivity index is 1.78. The SMILES string of the molecule is Cn1c(C(=O)N2CCOC(CC(=O)O)C2)ccc1-c1ccccc1. The van der Waals surface area contributed by atoms with E-state index in [4.69, 9.17) is 9.84 Å². The van der Waals surface area contributed by atoms with E-state index in [1.807, 2.05) is 54.1 Å². The van der Waals surface area contributed by atoms with Gasteiger partial charge in [-0.15, -0.1) is 0 Å². The first-order chi connectivity index (χ1) is 11.6. The Morgan fingerprint density at radius 1 is 1.21 bits per heavy atom. The highest BCUT2D eigenvalue weighted by Gasteiger charge is 2.28. The molecule has 1 N–H and O–H groups in total. The highest BCUT2D eigenvalue weighted by Crippen LogP contribution is 2.22. The third kappa shape index (κ3) is 3.33. The van der Waals surface area contributed by atoms with Crippen molar-refractivity contribution in [3.63, 3.8) is 0 Å². The summed E-state index contributed by atoms with van der Waals surface area (Å²) >= 11 is 0. The quantitative estimate of drug-likeness (QED) is 0.932. The van der Waals surface area contributed by atoms with Crippen molar-refractivity contribution in [1.82, 2.24) is 9.47 Å². The summed E-state index contributed by atoms with van der Waals surface area (Å²) in [4.78, 5) is 25.3. The molecule has 3 rings (SSSR count). The van der Waals surface area contributed by atoms with E-state index < -0.39 is 12.1 Å². The van der Waals surface area contributed by atoms with Gasteiger partial charge in [-0.25, -0.2) is 0 Å². The van der Waals surface area contributed by atoms with Crippen LogP contribution in [0, 0.1) is 0 Å². The van der Waals surface area contributed by atoms with E-state index in [-0.39, 0.29) is 12.3 Å². The predicted molar refractivity (Wildman–Crippen MR) is 88.7 cm³/mol. The molecule has 24 heavy (non-hydrogen) atoms. The maximum Gasteiger partial charge on any atom is 0.306 e. The highest BCUT2D eigenvalue weighted by atomic mass is 16.5. The van der Waals surface area contributed by atoms with Gasteiger partial charge in [0.1, 0.15) is 5.69 Å². The molecule has 0 aliphatic carbocycles. The van der Waals surface area contributed by atoms with Gasteiger partial charge in [0, 0.05) is 25.8 Å². The van der Waals surface area contributed by atoms with Crippen molar-refractivity contribution in [2.75, 3.05) is 19.7 Å². The molecule has 1 aliphatic rings. The number of rotatable bonds is 4. The molecular weight excluding hydrogens is 308 g/mol. The van der Waals surface area contributed by atoms with Crippen molar-refractivity contribution in [3.8, 4) is 11.3 Å². The second-order valence-corrected chi connectivity index (χ2v) is 5.87. The maximum absolute atomic E-state index is 12.8. The molecule has 0 radical (unpaired) electrons. The van der Waals surface area contributed by atoms with Crippen LogP contribution in [0.2, 0.25) is 0 Å². The maximum atomic E-state index is 12.8. The van der Waals surface area contributed by atoms with Crippen molar-refractivity contribution < 1.29 is 19.4 Å². The van der Waals surface area contributed by atoms with Gasteiger partial charge in [-0.2, -0.15) is 0 Å². The fourth-order valence-electron chi connectivity index (χ4n) is 3.01. The summed E-state index contributed by atoms with van der Waals surface area (Å²) in [5, 5.41) is 8.89. The number of carboxylic acid groups (broad SMARTS) is 1. The van der Waals surface area contributed by atoms with Crippen molar-refractivity contribution in [3.05, 3.63) is 48.2 Å². The zero-order chi connectivity index (χ0) is 17.1. The number of ether oxygens (including phenoxy) is 1. The second kappa shape index (κ2) is 6.88. The Labute approximate surface area is 140 Å². The number of hydrogen-bond acceptors (Lipinski definition) is 3. The van der Waals surface area contributed by atoms with E-state index in [1.54, 1.807) is 4.90 Å². The largest absolute Gasteiger partial charge is 0.481 e. The van der Waals surface area contributed by atoms with Crippen LogP contribution in [0.25, 0.3) is 11.3 Å². The van der Waals surface area contributed by atoms with E-state index in [1.165, 1.54) is 0 Å². The molecule has 1 fully saturated rings. The van der Waals surface area contributed by atoms with Gasteiger partial charge in [-0.1, -0.05) is 30.3 Å². The topological polar surface area (TPSA) is 71.8 Å². The van der Waals surface area contributed by atoms with Gasteiger partial charge in [0.25, 0.3) is 5.91 Å². The Bertz CT molecular complexity index is 739. The van der Waals surface area contributed by atoms with Crippen LogP contribution in [0.5, 0.6) is 0 Å². The number of amides is 1. The summed E-state index contributed by atoms with van der Waals surface area (Å²) in [6, 6.07) is 13.6. The fraction of sp³-hybridized carbons (Fsp3) is 0.333. The molecule has 0 bridgehead atoms. The number of carbonyl (C=O) groups excluding carboxylic acids is 1. The lowest BCUT2D eigenvalue weighted by atomic mass is 10.2. The monoisotopic (exact) mass is 328 g/mol. The number of nitrogens with zero attached hydrogens (tertiary/aromatic N) is 2. The molecule has 2 heterocycles. The predicted octanol–water partition coefficient (Wildman–Crippen LogP) is 2.01. The summed E-state index contributed by atoms with van der Waals surface area (Å²) in [5.41, 5.74) is 2.60. The Hall–Kier alpha value is -2.60. The minimum Gasteiger partial charge on any atom is -0.481 e. The lowest BCUT2D eigenvalue weighted by molar-refractivity contribution is -0.141. The molecule has 0 spiro atoms. The molecular formula is C18H20N2O4. The Morgan fingerprint density at radius 2 is 1.96 bits per heavy atom. The van der Waals surface area contributed by atoms with Crippen LogP contribution in [-0.2, 0) is 16.6 Å². The van der Waals surface area contributed by atoms with Crippen LogP contribution in [0.3, 0.4) is 0 Å². The van der Waals surface area contributed by atoms with Crippen LogP contribution in [0.4, 0.5) is 0 Å². The van der Waals surface area contributed by atoms with E-state index >= 15 is 0 Å². The van der Waals surface area contributed by atoms with Gasteiger partial charge in [0.15, 0.2) is 0 Å². The van der Waals surface area contributed by atoms with Gasteiger partial charge in [-0.3, -0.25) is 9.59 Å². The summed E-state index contributed by atoms with van der Waals surface area (Å²) in [5.74, 6) is -1.02. The van der Waals surface area contributed by atoms with E-state index in [2.05, 4.69) is 0 Å². The molecule has 1 amide bonds. The van der Waals surface area contributed by atoms with Crippen LogP contribution < -0.4 is 0 Å². The molecule has 0 saturated carbocycles. The Kier molecular flexibility index (Phi) is 4.66. The normalized spacial score (nSPS) is 17.7. The minimum absolute atomic E-state index is 0.0911. The van der Waals surface area contributed by atoms with Crippen LogP contribution in [-0.4, -0.2) is 52.3 Å². The molecule has 6 heteroatoms. The smallest absolute Gasteiger partial charge is 0.306 e. The summed E-state index contributed by atoms with van der Waals surface area (Å²) in [7, 11) is 1.87. The highest BCUT2D eigenvalue weighted by molar-refractivity contribution is 5.94. The molecule has 1 saturated heterocycles. The average Bonchev–Trinajstić information content (AvgIpc) is 2.96. The number of hydrogen-bond donors (Lipinski definition) is 1. The molecule has 2 aromatic rings. The van der Waals surface area contributed by atoms with Crippen LogP contribution in [0.1, 0.15) is 16.9 Å². The van der Waals surface area contributed by atoms with E-state index in [0.29, 0.717) is 25.4 Å². The lowest BCUT2D eigenvalue weighted by Crippen LogP contribution is -2.46. The molecule has 126 valence electrons. The molecule has 1 aliphatic heterocycles. The Morgan fingerprint density at radius 3 is 2.67 bits per heavy atom. The second-order valence-electron chi connectivity index (χ2n) is 5.87. The van der Waals surface area contributed by atoms with Gasteiger partial charge in [-0.05, 0) is 17.7 Å². The van der Waals surface area contributed by atoms with Gasteiger partial charge < -0.3 is 19.3 Å². The molecule has 1 aromatic carbocycles. The van der Waals surface area contributed by atoms with Crippen molar-refractivity contribution in [2.24, 2.45) is 7.05 Å². The summed E-state index contributed by atoms with van der Waals surface area (Å²) in [6.45, 7) is 1.14. The molecule has 1 unspecified atom stereocenters. The number of carboxylic acids is 1. The van der Waals surface area contributed by atoms with Crippen LogP contribution >= 0.6 is 0 Å². The molecule has 1 aromatic heterocycles. The molecule has 6 nitrogen and oxygen atoms in total. The van der Waals surface area contributed by atoms with Crippen molar-refractivity contribution >= 4 is 11.9 Å². The molecule has 1 atom stereocenters. The zero-order valence-corrected chi connectivity index (χ0v) is 13.5. The standard InChI is InChI=1S/C18H20N2O4/c1-19-15(13-5-3-2-4-6-13)7-8-16(19)18(23)20-9-10-24-14(12-20)11-17(21)22/h2-8,14H,9-12H2,1H3,(H,21,22). The van der Waals surface area contributed by atoms with E-state index in [0.717, 1.165) is 11.3 Å². The van der Waals surface area contributed by atoms with Crippen LogP contribution in [0.15, 0.2) is 42.5 Å². The van der Waals surface area contributed by atoms with Gasteiger partial charge in [0.2, 0.25) is 0 Å². The minimum atomic E-state index is -0.917. The van der Waals surface area contributed by atoms with E-state index in [9.17, 15) is 9.59 Å². The zero-order valence-electron chi connectivity index (χ0n) is 13.5. The third-order valence-electron chi connectivity index (χ3n) is 4.24. The first kappa shape index (κ1) is 16.3. The average molecular weight is 328 g/mol. The number of aromatic nitrogens is 1. The van der Waals surface area contributed by atoms with Gasteiger partial charge >= 0.3 is 5.97 Å². The first-order valence-electron chi connectivity index (χ1n) is 7.90. The van der Waals surface area contributed by atoms with Crippen molar-refractivity contribution in [1.29, 1.82) is 0 Å². The van der Waals surface area contributed by atoms with Crippen molar-refractivity contribution in [2.45, 2.75) is 12.5 Å². The number of aliphatic carboxylic acids is 1. The third-order valence-corrected chi connectivity index (χ3v) is 4.24. The number of morpholine rings is 1. The summed E-state index contributed by atoms with van der Waals surface area (Å²) in [6.07, 6.45) is -0.541. The number of benzene rings is 1. The van der Waals surface area contributed by atoms with Gasteiger partial charge in [0.05, 0.1) is 19.1 Å². The fourth-order valence-corrected chi connectivity index (χ4v) is 3.01. The first-order valence-corrected chi connectivity index (χ1v) is 7.90. The lowest BCUT2D eigenvalue weighted by Gasteiger charge is -2.32. The number of carbonyl (C=O) groups is 2. The summed E-state index contributed by atoms with van der Waals surface area (Å²) < 4.78 is 7.30.